The molecule has 1 aliphatic rings. The summed E-state index contributed by atoms with van der Waals surface area (Å²) in [7, 11) is 0. The van der Waals surface area contributed by atoms with Gasteiger partial charge in [0, 0.05) is 11.3 Å². The lowest BCUT2D eigenvalue weighted by atomic mass is 10.1. The van der Waals surface area contributed by atoms with Crippen LogP contribution in [0.3, 0.4) is 0 Å². The van der Waals surface area contributed by atoms with E-state index in [1.807, 2.05) is 18.2 Å². The molecule has 3 heteroatoms. The topological polar surface area (TPSA) is 24.4 Å². The van der Waals surface area contributed by atoms with Gasteiger partial charge in [0.15, 0.2) is 0 Å². The number of nitrogens with one attached hydrogen (secondary N) is 1. The van der Waals surface area contributed by atoms with E-state index in [9.17, 15) is 4.39 Å². The summed E-state index contributed by atoms with van der Waals surface area (Å²) in [6.07, 6.45) is 3.14. The summed E-state index contributed by atoms with van der Waals surface area (Å²) in [5.41, 5.74) is 2.62. The van der Waals surface area contributed by atoms with Crippen molar-refractivity contribution < 1.29 is 4.39 Å². The molecule has 0 aromatic heterocycles. The summed E-state index contributed by atoms with van der Waals surface area (Å²) in [6.45, 7) is 4.02. The Bertz CT molecular complexity index is 765. The van der Waals surface area contributed by atoms with Crippen LogP contribution in [0.15, 0.2) is 53.5 Å². The Balaban J connectivity index is 1.44. The fraction of sp³-hybridized carbons (Fsp3) is 0.350. The summed E-state index contributed by atoms with van der Waals surface area (Å²) < 4.78 is 12.9. The minimum absolute atomic E-state index is 0.173. The van der Waals surface area contributed by atoms with Crippen LogP contribution < -0.4 is 15.9 Å². The summed E-state index contributed by atoms with van der Waals surface area (Å²) in [6, 6.07) is 15.6. The minimum Gasteiger partial charge on any atom is -0.314 e. The Morgan fingerprint density at radius 1 is 1.13 bits per heavy atom. The average Bonchev–Trinajstić information content (AvgIpc) is 2.97. The van der Waals surface area contributed by atoms with Gasteiger partial charge in [0.2, 0.25) is 0 Å². The highest BCUT2D eigenvalue weighted by atomic mass is 19.1. The molecule has 120 valence electrons. The lowest BCUT2D eigenvalue weighted by molar-refractivity contribution is 0.536. The molecule has 1 atom stereocenters. The van der Waals surface area contributed by atoms with Crippen molar-refractivity contribution in [2.45, 2.75) is 32.2 Å². The maximum atomic E-state index is 12.9. The SMILES string of the molecule is CC(Cc1ccc(F)cc1)NCCCC1=c2ccccc2=NC1. The van der Waals surface area contributed by atoms with Crippen molar-refractivity contribution in [3.8, 4) is 0 Å². The predicted molar refractivity (Wildman–Crippen MR) is 92.3 cm³/mol. The predicted octanol–water partition coefficient (Wildman–Crippen LogP) is 2.61. The highest BCUT2D eigenvalue weighted by molar-refractivity contribution is 5.48. The Hall–Kier alpha value is -2.00. The van der Waals surface area contributed by atoms with E-state index in [1.54, 1.807) is 0 Å². The van der Waals surface area contributed by atoms with Crippen molar-refractivity contribution in [1.29, 1.82) is 0 Å². The number of fused-ring (bicyclic) bond motifs is 1. The first-order chi connectivity index (χ1) is 11.2. The number of para-hydroxylation sites is 1. The Morgan fingerprint density at radius 3 is 2.74 bits per heavy atom. The summed E-state index contributed by atoms with van der Waals surface area (Å²) in [5.74, 6) is -0.173. The van der Waals surface area contributed by atoms with Crippen LogP contribution in [0.2, 0.25) is 0 Å². The number of halogens is 1. The molecule has 0 amide bonds. The lowest BCUT2D eigenvalue weighted by Crippen LogP contribution is -2.29. The fourth-order valence-electron chi connectivity index (χ4n) is 3.09. The van der Waals surface area contributed by atoms with Gasteiger partial charge in [0.05, 0.1) is 11.9 Å². The van der Waals surface area contributed by atoms with Gasteiger partial charge in [0.1, 0.15) is 5.82 Å². The molecule has 1 N–H and O–H groups in total. The van der Waals surface area contributed by atoms with Crippen molar-refractivity contribution >= 4 is 5.57 Å². The van der Waals surface area contributed by atoms with Gasteiger partial charge in [-0.25, -0.2) is 4.39 Å². The van der Waals surface area contributed by atoms with Crippen LogP contribution in [-0.4, -0.2) is 19.1 Å². The first kappa shape index (κ1) is 15.9. The van der Waals surface area contributed by atoms with Gasteiger partial charge in [-0.1, -0.05) is 30.3 Å². The zero-order chi connectivity index (χ0) is 16.1. The quantitative estimate of drug-likeness (QED) is 0.781. The second kappa shape index (κ2) is 7.51. The third kappa shape index (κ3) is 4.26. The number of nitrogens with zero attached hydrogens (tertiary/aromatic N) is 1. The van der Waals surface area contributed by atoms with E-state index in [2.05, 4.69) is 35.4 Å². The van der Waals surface area contributed by atoms with Crippen LogP contribution in [0.25, 0.3) is 5.57 Å². The van der Waals surface area contributed by atoms with Crippen molar-refractivity contribution in [1.82, 2.24) is 5.32 Å². The van der Waals surface area contributed by atoms with Gasteiger partial charge in [0.25, 0.3) is 0 Å². The Labute approximate surface area is 136 Å². The van der Waals surface area contributed by atoms with E-state index in [1.165, 1.54) is 28.5 Å². The zero-order valence-electron chi connectivity index (χ0n) is 13.6. The van der Waals surface area contributed by atoms with Crippen LogP contribution in [0.1, 0.15) is 25.3 Å². The monoisotopic (exact) mass is 310 g/mol. The summed E-state index contributed by atoms with van der Waals surface area (Å²) in [4.78, 5) is 4.57. The van der Waals surface area contributed by atoms with E-state index in [0.717, 1.165) is 37.7 Å². The normalized spacial score (nSPS) is 14.4. The first-order valence-corrected chi connectivity index (χ1v) is 8.32. The largest absolute Gasteiger partial charge is 0.314 e. The third-order valence-corrected chi connectivity index (χ3v) is 4.33. The van der Waals surface area contributed by atoms with E-state index < -0.39 is 0 Å². The molecular weight excluding hydrogens is 287 g/mol. The van der Waals surface area contributed by atoms with Gasteiger partial charge in [-0.3, -0.25) is 4.99 Å². The second-order valence-electron chi connectivity index (χ2n) is 6.23. The van der Waals surface area contributed by atoms with Crippen LogP contribution in [0.4, 0.5) is 4.39 Å². The smallest absolute Gasteiger partial charge is 0.123 e. The molecule has 1 aliphatic heterocycles. The van der Waals surface area contributed by atoms with Crippen molar-refractivity contribution in [2.24, 2.45) is 4.99 Å². The molecule has 0 saturated carbocycles. The van der Waals surface area contributed by atoms with Crippen molar-refractivity contribution in [3.63, 3.8) is 0 Å². The molecule has 0 fully saturated rings. The molecule has 0 saturated heterocycles. The fourth-order valence-corrected chi connectivity index (χ4v) is 3.09. The van der Waals surface area contributed by atoms with Crippen molar-refractivity contribution in [2.75, 3.05) is 13.1 Å². The maximum absolute atomic E-state index is 12.9. The molecule has 23 heavy (non-hydrogen) atoms. The molecule has 2 aromatic rings. The van der Waals surface area contributed by atoms with E-state index in [4.69, 9.17) is 0 Å². The number of hydrogen-bond donors (Lipinski definition) is 1. The average molecular weight is 310 g/mol. The van der Waals surface area contributed by atoms with Gasteiger partial charge in [-0.05, 0) is 62.1 Å². The maximum Gasteiger partial charge on any atom is 0.123 e. The minimum atomic E-state index is -0.173. The highest BCUT2D eigenvalue weighted by Crippen LogP contribution is 2.08. The van der Waals surface area contributed by atoms with Gasteiger partial charge < -0.3 is 5.32 Å². The molecule has 0 bridgehead atoms. The highest BCUT2D eigenvalue weighted by Gasteiger charge is 2.07. The molecule has 1 unspecified atom stereocenters. The van der Waals surface area contributed by atoms with Crippen LogP contribution in [0, 0.1) is 5.82 Å². The molecular formula is C20H23FN2. The standard InChI is InChI=1S/C20H23FN2/c1-15(13-16-8-10-18(21)11-9-16)22-12-4-5-17-14-23-20-7-3-2-6-19(17)20/h2-3,6-11,15,22H,4-5,12-14H2,1H3. The molecule has 2 aromatic carbocycles. The molecule has 3 rings (SSSR count). The number of hydrogen-bond acceptors (Lipinski definition) is 2. The van der Waals surface area contributed by atoms with E-state index >= 15 is 0 Å². The molecule has 0 radical (unpaired) electrons. The lowest BCUT2D eigenvalue weighted by Gasteiger charge is -2.14. The van der Waals surface area contributed by atoms with Crippen LogP contribution in [-0.2, 0) is 6.42 Å². The first-order valence-electron chi connectivity index (χ1n) is 8.32. The van der Waals surface area contributed by atoms with E-state index in [0.29, 0.717) is 6.04 Å². The number of benzene rings is 2. The van der Waals surface area contributed by atoms with Crippen LogP contribution in [0.5, 0.6) is 0 Å². The molecule has 1 heterocycles. The summed E-state index contributed by atoms with van der Waals surface area (Å²) >= 11 is 0. The van der Waals surface area contributed by atoms with E-state index in [-0.39, 0.29) is 5.82 Å². The van der Waals surface area contributed by atoms with Gasteiger partial charge >= 0.3 is 0 Å². The molecule has 2 nitrogen and oxygen atoms in total. The third-order valence-electron chi connectivity index (χ3n) is 4.33. The van der Waals surface area contributed by atoms with Gasteiger partial charge in [-0.2, -0.15) is 0 Å². The summed E-state index contributed by atoms with van der Waals surface area (Å²) in [5, 5.41) is 6.02. The second-order valence-corrected chi connectivity index (χ2v) is 6.23. The molecule has 0 aliphatic carbocycles. The Morgan fingerprint density at radius 2 is 1.91 bits per heavy atom. The van der Waals surface area contributed by atoms with Crippen LogP contribution >= 0.6 is 0 Å². The number of rotatable bonds is 7. The van der Waals surface area contributed by atoms with Gasteiger partial charge in [-0.15, -0.1) is 0 Å². The van der Waals surface area contributed by atoms with Crippen molar-refractivity contribution in [3.05, 3.63) is 70.5 Å². The molecule has 0 spiro atoms. The Kier molecular flexibility index (Phi) is 5.19. The zero-order valence-corrected chi connectivity index (χ0v) is 13.6.